The summed E-state index contributed by atoms with van der Waals surface area (Å²) in [6, 6.07) is 23.5. The van der Waals surface area contributed by atoms with Crippen molar-refractivity contribution in [3.8, 4) is 27.5 Å². The molecule has 0 saturated heterocycles. The summed E-state index contributed by atoms with van der Waals surface area (Å²) >= 11 is 1.03. The van der Waals surface area contributed by atoms with Crippen molar-refractivity contribution >= 4 is 27.3 Å². The number of rotatable bonds is 7. The Bertz CT molecular complexity index is 1770. The quantitative estimate of drug-likeness (QED) is 0.290. The summed E-state index contributed by atoms with van der Waals surface area (Å²) in [5, 5.41) is 19.1. The van der Waals surface area contributed by atoms with Crippen LogP contribution >= 0.6 is 11.3 Å². The van der Waals surface area contributed by atoms with E-state index in [1.807, 2.05) is 54.6 Å². The predicted molar refractivity (Wildman–Crippen MR) is 141 cm³/mol. The summed E-state index contributed by atoms with van der Waals surface area (Å²) in [4.78, 5) is 28.9. The molecule has 4 N–H and O–H groups in total. The molecule has 0 amide bonds. The fraction of sp³-hybridized carbons (Fsp3) is 0.0385. The second kappa shape index (κ2) is 9.62. The summed E-state index contributed by atoms with van der Waals surface area (Å²) < 4.78 is 24.5. The Morgan fingerprint density at radius 1 is 0.973 bits per heavy atom. The molecule has 2 heterocycles. The van der Waals surface area contributed by atoms with Crippen molar-refractivity contribution in [1.82, 2.24) is 14.8 Å². The number of carboxylic acids is 1. The third kappa shape index (κ3) is 5.00. The first kappa shape index (κ1) is 24.4. The zero-order chi connectivity index (χ0) is 26.2. The van der Waals surface area contributed by atoms with E-state index in [1.54, 1.807) is 12.1 Å². The van der Waals surface area contributed by atoms with Gasteiger partial charge in [-0.1, -0.05) is 60.7 Å². The van der Waals surface area contributed by atoms with Crippen molar-refractivity contribution in [3.05, 3.63) is 111 Å². The molecule has 0 saturated carbocycles. The Morgan fingerprint density at radius 2 is 1.65 bits per heavy atom. The SMILES string of the molecule is NS(=O)(=O)c1ccc(Cc2c(-c3cccc(-c4ccccc4)c3)[nH]n(-c3nc(C(=O)O)cs3)c2=O)cc1. The van der Waals surface area contributed by atoms with Crippen LogP contribution in [0, 0.1) is 0 Å². The largest absolute Gasteiger partial charge is 0.476 e. The van der Waals surface area contributed by atoms with Gasteiger partial charge < -0.3 is 5.11 Å². The van der Waals surface area contributed by atoms with Crippen molar-refractivity contribution in [3.63, 3.8) is 0 Å². The van der Waals surface area contributed by atoms with E-state index in [9.17, 15) is 23.1 Å². The Kier molecular flexibility index (Phi) is 6.34. The lowest BCUT2D eigenvalue weighted by atomic mass is 9.98. The molecule has 5 aromatic rings. The number of hydrogen-bond donors (Lipinski definition) is 3. The number of aromatic nitrogens is 3. The highest BCUT2D eigenvalue weighted by Gasteiger charge is 2.21. The van der Waals surface area contributed by atoms with Crippen LogP contribution in [0.5, 0.6) is 0 Å². The fourth-order valence-corrected chi connectivity index (χ4v) is 5.23. The second-order valence-corrected chi connectivity index (χ2v) is 10.6. The van der Waals surface area contributed by atoms with Gasteiger partial charge in [-0.15, -0.1) is 11.3 Å². The number of carbonyl (C=O) groups is 1. The van der Waals surface area contributed by atoms with Crippen LogP contribution in [0.2, 0.25) is 0 Å². The second-order valence-electron chi connectivity index (χ2n) is 8.24. The number of primary sulfonamides is 1. The first-order valence-corrected chi connectivity index (χ1v) is 13.4. The Labute approximate surface area is 215 Å². The maximum atomic E-state index is 13.6. The van der Waals surface area contributed by atoms with Crippen molar-refractivity contribution < 1.29 is 18.3 Å². The molecule has 2 aromatic heterocycles. The third-order valence-corrected chi connectivity index (χ3v) is 7.54. The number of nitrogens with one attached hydrogen (secondary N) is 1. The van der Waals surface area contributed by atoms with Gasteiger partial charge >= 0.3 is 5.97 Å². The summed E-state index contributed by atoms with van der Waals surface area (Å²) in [5.74, 6) is -1.19. The van der Waals surface area contributed by atoms with Gasteiger partial charge in [0.25, 0.3) is 5.56 Å². The van der Waals surface area contributed by atoms with E-state index in [0.29, 0.717) is 16.8 Å². The van der Waals surface area contributed by atoms with E-state index in [1.165, 1.54) is 22.2 Å². The third-order valence-electron chi connectivity index (χ3n) is 5.78. The number of carboxylic acid groups (broad SMARTS) is 1. The molecule has 3 aromatic carbocycles. The number of benzene rings is 3. The Hall–Kier alpha value is -4.32. The number of nitrogens with zero attached hydrogens (tertiary/aromatic N) is 2. The van der Waals surface area contributed by atoms with E-state index in [0.717, 1.165) is 28.0 Å². The number of aromatic carboxylic acids is 1. The van der Waals surface area contributed by atoms with Gasteiger partial charge in [0.15, 0.2) is 5.69 Å². The topological polar surface area (TPSA) is 148 Å². The van der Waals surface area contributed by atoms with Crippen LogP contribution in [0.25, 0.3) is 27.5 Å². The lowest BCUT2D eigenvalue weighted by Crippen LogP contribution is -2.18. The molecule has 186 valence electrons. The first-order chi connectivity index (χ1) is 17.7. The lowest BCUT2D eigenvalue weighted by molar-refractivity contribution is 0.0691. The zero-order valence-corrected chi connectivity index (χ0v) is 20.8. The molecular weight excluding hydrogens is 512 g/mol. The van der Waals surface area contributed by atoms with Crippen molar-refractivity contribution in [1.29, 1.82) is 0 Å². The maximum Gasteiger partial charge on any atom is 0.355 e. The fourth-order valence-electron chi connectivity index (χ4n) is 3.96. The lowest BCUT2D eigenvalue weighted by Gasteiger charge is -2.07. The minimum atomic E-state index is -3.85. The van der Waals surface area contributed by atoms with Crippen molar-refractivity contribution in [2.24, 2.45) is 5.14 Å². The number of thiazole rings is 1. The molecule has 0 unspecified atom stereocenters. The molecule has 0 atom stereocenters. The molecule has 0 fully saturated rings. The predicted octanol–water partition coefficient (Wildman–Crippen LogP) is 3.89. The average molecular weight is 533 g/mol. The number of aromatic amines is 1. The normalized spacial score (nSPS) is 11.5. The van der Waals surface area contributed by atoms with Gasteiger partial charge in [-0.2, -0.15) is 4.68 Å². The summed E-state index contributed by atoms with van der Waals surface area (Å²) in [7, 11) is -3.85. The standard InChI is InChI=1S/C26H20N4O5S2/c27-37(34,35)20-11-9-16(10-12-20)13-21-23(19-8-4-7-18(14-19)17-5-2-1-3-6-17)29-30(24(21)31)26-28-22(15-36-26)25(32)33/h1-12,14-15,29H,13H2,(H,32,33)(H2,27,34,35). The van der Waals surface area contributed by atoms with Crippen LogP contribution in [0.3, 0.4) is 0 Å². The van der Waals surface area contributed by atoms with Crippen molar-refractivity contribution in [2.75, 3.05) is 0 Å². The highest BCUT2D eigenvalue weighted by Crippen LogP contribution is 2.28. The zero-order valence-electron chi connectivity index (χ0n) is 19.2. The van der Waals surface area contributed by atoms with E-state index in [4.69, 9.17) is 5.14 Å². The van der Waals surface area contributed by atoms with Crippen LogP contribution in [0.4, 0.5) is 0 Å². The molecule has 0 spiro atoms. The maximum absolute atomic E-state index is 13.6. The van der Waals surface area contributed by atoms with Gasteiger partial charge in [-0.25, -0.2) is 23.3 Å². The van der Waals surface area contributed by atoms with Crippen LogP contribution in [0.15, 0.2) is 93.9 Å². The minimum Gasteiger partial charge on any atom is -0.476 e. The number of hydrogen-bond acceptors (Lipinski definition) is 6. The highest BCUT2D eigenvalue weighted by atomic mass is 32.2. The van der Waals surface area contributed by atoms with Gasteiger partial charge in [-0.05, 0) is 34.9 Å². The number of sulfonamides is 1. The van der Waals surface area contributed by atoms with Crippen LogP contribution < -0.4 is 10.7 Å². The van der Waals surface area contributed by atoms with Gasteiger partial charge in [0.2, 0.25) is 15.2 Å². The highest BCUT2D eigenvalue weighted by molar-refractivity contribution is 7.89. The summed E-state index contributed by atoms with van der Waals surface area (Å²) in [6.45, 7) is 0. The molecule has 0 aliphatic rings. The monoisotopic (exact) mass is 532 g/mol. The average Bonchev–Trinajstić information content (AvgIpc) is 3.50. The smallest absolute Gasteiger partial charge is 0.355 e. The molecule has 0 bridgehead atoms. The summed E-state index contributed by atoms with van der Waals surface area (Å²) in [6.07, 6.45) is 0.190. The number of nitrogens with two attached hydrogens (primary N) is 1. The van der Waals surface area contributed by atoms with Gasteiger partial charge in [0, 0.05) is 22.9 Å². The molecule has 0 aliphatic carbocycles. The molecule has 5 rings (SSSR count). The van der Waals surface area contributed by atoms with Gasteiger partial charge in [-0.3, -0.25) is 9.89 Å². The molecule has 0 aliphatic heterocycles. The van der Waals surface area contributed by atoms with E-state index in [-0.39, 0.29) is 27.7 Å². The molecule has 37 heavy (non-hydrogen) atoms. The van der Waals surface area contributed by atoms with E-state index in [2.05, 4.69) is 10.1 Å². The van der Waals surface area contributed by atoms with Crippen molar-refractivity contribution in [2.45, 2.75) is 11.3 Å². The number of H-pyrrole nitrogens is 1. The van der Waals surface area contributed by atoms with Crippen LogP contribution in [0.1, 0.15) is 21.6 Å². The van der Waals surface area contributed by atoms with Gasteiger partial charge in [0.05, 0.1) is 10.6 Å². The Morgan fingerprint density at radius 3 is 2.30 bits per heavy atom. The van der Waals surface area contributed by atoms with E-state index < -0.39 is 16.0 Å². The van der Waals surface area contributed by atoms with Crippen LogP contribution in [-0.2, 0) is 16.4 Å². The molecule has 0 radical (unpaired) electrons. The van der Waals surface area contributed by atoms with Gasteiger partial charge in [0.1, 0.15) is 0 Å². The molecule has 11 heteroatoms. The first-order valence-electron chi connectivity index (χ1n) is 11.0. The minimum absolute atomic E-state index is 0.0255. The Balaban J connectivity index is 1.63. The van der Waals surface area contributed by atoms with E-state index >= 15 is 0 Å². The molecule has 9 nitrogen and oxygen atoms in total. The molecular formula is C26H20N4O5S2. The van der Waals surface area contributed by atoms with Crippen LogP contribution in [-0.4, -0.2) is 34.3 Å². The summed E-state index contributed by atoms with van der Waals surface area (Å²) in [5.41, 5.74) is 3.84.